The van der Waals surface area contributed by atoms with E-state index >= 15 is 0 Å². The van der Waals surface area contributed by atoms with E-state index in [-0.39, 0.29) is 0 Å². The molecule has 0 aliphatic rings. The van der Waals surface area contributed by atoms with Gasteiger partial charge in [-0.15, -0.1) is 0 Å². The molecule has 0 radical (unpaired) electrons. The first-order valence-corrected chi connectivity index (χ1v) is 5.70. The van der Waals surface area contributed by atoms with Crippen molar-refractivity contribution in [3.8, 4) is 5.75 Å². The zero-order valence-electron chi connectivity index (χ0n) is 10.2. The van der Waals surface area contributed by atoms with E-state index in [1.807, 2.05) is 38.1 Å². The van der Waals surface area contributed by atoms with E-state index in [0.29, 0.717) is 12.4 Å². The molecular weight excluding hydrogens is 214 g/mol. The third-order valence-corrected chi connectivity index (χ3v) is 2.67. The van der Waals surface area contributed by atoms with E-state index in [1.54, 1.807) is 10.9 Å². The monoisotopic (exact) mass is 231 g/mol. The highest BCUT2D eigenvalue weighted by Crippen LogP contribution is 2.16. The molecule has 0 saturated carbocycles. The van der Waals surface area contributed by atoms with Gasteiger partial charge in [-0.25, -0.2) is 0 Å². The van der Waals surface area contributed by atoms with Crippen LogP contribution in [-0.4, -0.2) is 9.78 Å². The molecule has 2 aromatic rings. The molecule has 2 N–H and O–H groups in total. The van der Waals surface area contributed by atoms with Crippen molar-refractivity contribution in [2.45, 2.75) is 27.0 Å². The average molecular weight is 231 g/mol. The molecule has 0 aliphatic heterocycles. The number of nitrogens with two attached hydrogens (primary N) is 1. The molecule has 0 aliphatic carbocycles. The molecule has 1 aromatic heterocycles. The molecule has 4 nitrogen and oxygen atoms in total. The van der Waals surface area contributed by atoms with E-state index in [0.717, 1.165) is 17.9 Å². The Balaban J connectivity index is 2.02. The van der Waals surface area contributed by atoms with Gasteiger partial charge in [0.1, 0.15) is 18.2 Å². The third-order valence-electron chi connectivity index (χ3n) is 2.67. The van der Waals surface area contributed by atoms with Gasteiger partial charge >= 0.3 is 0 Å². The fourth-order valence-corrected chi connectivity index (χ4v) is 1.59. The molecule has 0 saturated heterocycles. The predicted molar refractivity (Wildman–Crippen MR) is 67.8 cm³/mol. The van der Waals surface area contributed by atoms with Gasteiger partial charge in [-0.05, 0) is 26.0 Å². The molecule has 2 rings (SSSR count). The maximum absolute atomic E-state index is 5.92. The van der Waals surface area contributed by atoms with E-state index in [9.17, 15) is 0 Å². The molecule has 1 aromatic carbocycles. The largest absolute Gasteiger partial charge is 0.489 e. The van der Waals surface area contributed by atoms with Crippen LogP contribution in [0.1, 0.15) is 18.1 Å². The normalized spacial score (nSPS) is 10.5. The van der Waals surface area contributed by atoms with Crippen molar-refractivity contribution >= 4 is 5.82 Å². The van der Waals surface area contributed by atoms with Crippen molar-refractivity contribution < 1.29 is 4.74 Å². The molecule has 0 atom stereocenters. The van der Waals surface area contributed by atoms with Crippen LogP contribution in [0, 0.1) is 6.92 Å². The molecule has 4 heteroatoms. The summed E-state index contributed by atoms with van der Waals surface area (Å²) in [6, 6.07) is 7.95. The number of nitrogen functional groups attached to an aromatic ring is 1. The Bertz CT molecular complexity index is 488. The van der Waals surface area contributed by atoms with Crippen molar-refractivity contribution in [3.63, 3.8) is 0 Å². The van der Waals surface area contributed by atoms with E-state index < -0.39 is 0 Å². The lowest BCUT2D eigenvalue weighted by molar-refractivity contribution is 0.307. The van der Waals surface area contributed by atoms with Gasteiger partial charge in [0.15, 0.2) is 0 Å². The van der Waals surface area contributed by atoms with Crippen molar-refractivity contribution in [1.29, 1.82) is 0 Å². The van der Waals surface area contributed by atoms with Crippen LogP contribution in [-0.2, 0) is 13.2 Å². The van der Waals surface area contributed by atoms with Crippen LogP contribution in [0.5, 0.6) is 5.75 Å². The number of rotatable bonds is 4. The van der Waals surface area contributed by atoms with Crippen molar-refractivity contribution in [2.75, 3.05) is 5.73 Å². The lowest BCUT2D eigenvalue weighted by Crippen LogP contribution is -2.04. The topological polar surface area (TPSA) is 53.1 Å². The average Bonchev–Trinajstić information content (AvgIpc) is 2.69. The Hall–Kier alpha value is -1.97. The highest BCUT2D eigenvalue weighted by Gasteiger charge is 2.06. The summed E-state index contributed by atoms with van der Waals surface area (Å²) in [6.07, 6.45) is 1.76. The Labute approximate surface area is 101 Å². The smallest absolute Gasteiger partial charge is 0.128 e. The third kappa shape index (κ3) is 2.58. The molecule has 0 bridgehead atoms. The fourth-order valence-electron chi connectivity index (χ4n) is 1.59. The Morgan fingerprint density at radius 2 is 2.00 bits per heavy atom. The van der Waals surface area contributed by atoms with Crippen LogP contribution in [0.2, 0.25) is 0 Å². The van der Waals surface area contributed by atoms with E-state index in [2.05, 4.69) is 5.10 Å². The molecule has 90 valence electrons. The number of hydrogen-bond acceptors (Lipinski definition) is 3. The second-order valence-corrected chi connectivity index (χ2v) is 3.97. The Kier molecular flexibility index (Phi) is 3.32. The minimum absolute atomic E-state index is 0.453. The summed E-state index contributed by atoms with van der Waals surface area (Å²) < 4.78 is 7.41. The Morgan fingerprint density at radius 1 is 1.29 bits per heavy atom. The van der Waals surface area contributed by atoms with Gasteiger partial charge in [-0.2, -0.15) is 5.10 Å². The lowest BCUT2D eigenvalue weighted by atomic mass is 10.2. The summed E-state index contributed by atoms with van der Waals surface area (Å²) in [5.41, 5.74) is 8.06. The highest BCUT2D eigenvalue weighted by molar-refractivity contribution is 5.38. The van der Waals surface area contributed by atoms with Crippen LogP contribution in [0.25, 0.3) is 0 Å². The summed E-state index contributed by atoms with van der Waals surface area (Å²) >= 11 is 0. The highest BCUT2D eigenvalue weighted by atomic mass is 16.5. The molecule has 0 unspecified atom stereocenters. The van der Waals surface area contributed by atoms with Gasteiger partial charge in [0, 0.05) is 6.54 Å². The van der Waals surface area contributed by atoms with Crippen LogP contribution in [0.3, 0.4) is 0 Å². The number of nitrogens with zero attached hydrogens (tertiary/aromatic N) is 2. The number of benzene rings is 1. The number of ether oxygens (including phenoxy) is 1. The molecule has 0 amide bonds. The fraction of sp³-hybridized carbons (Fsp3) is 0.308. The Morgan fingerprint density at radius 3 is 2.59 bits per heavy atom. The first-order valence-electron chi connectivity index (χ1n) is 5.70. The summed E-state index contributed by atoms with van der Waals surface area (Å²) in [5, 5.41) is 4.17. The summed E-state index contributed by atoms with van der Waals surface area (Å²) in [4.78, 5) is 0. The van der Waals surface area contributed by atoms with Crippen molar-refractivity contribution in [2.24, 2.45) is 0 Å². The zero-order chi connectivity index (χ0) is 12.3. The van der Waals surface area contributed by atoms with E-state index in [1.165, 1.54) is 5.56 Å². The SMILES string of the molecule is CCn1ncc(COc2ccc(C)cc2)c1N. The lowest BCUT2D eigenvalue weighted by Gasteiger charge is -2.06. The molecule has 17 heavy (non-hydrogen) atoms. The van der Waals surface area contributed by atoms with Crippen LogP contribution >= 0.6 is 0 Å². The molecule has 0 spiro atoms. The predicted octanol–water partition coefficient (Wildman–Crippen LogP) is 2.37. The number of aryl methyl sites for hydroxylation is 2. The van der Waals surface area contributed by atoms with Crippen LogP contribution in [0.15, 0.2) is 30.5 Å². The van der Waals surface area contributed by atoms with Crippen molar-refractivity contribution in [1.82, 2.24) is 9.78 Å². The first kappa shape index (κ1) is 11.5. The van der Waals surface area contributed by atoms with Crippen LogP contribution in [0.4, 0.5) is 5.82 Å². The summed E-state index contributed by atoms with van der Waals surface area (Å²) in [7, 11) is 0. The minimum atomic E-state index is 0.453. The number of aromatic nitrogens is 2. The van der Waals surface area contributed by atoms with Gasteiger partial charge in [-0.3, -0.25) is 4.68 Å². The van der Waals surface area contributed by atoms with Gasteiger partial charge in [-0.1, -0.05) is 17.7 Å². The van der Waals surface area contributed by atoms with Gasteiger partial charge in [0.05, 0.1) is 11.8 Å². The van der Waals surface area contributed by atoms with Gasteiger partial charge < -0.3 is 10.5 Å². The minimum Gasteiger partial charge on any atom is -0.489 e. The summed E-state index contributed by atoms with van der Waals surface area (Å²) in [6.45, 7) is 5.28. The second kappa shape index (κ2) is 4.91. The molecule has 1 heterocycles. The summed E-state index contributed by atoms with van der Waals surface area (Å²) in [5.74, 6) is 1.53. The van der Waals surface area contributed by atoms with Crippen molar-refractivity contribution in [3.05, 3.63) is 41.6 Å². The van der Waals surface area contributed by atoms with E-state index in [4.69, 9.17) is 10.5 Å². The molecule has 0 fully saturated rings. The zero-order valence-corrected chi connectivity index (χ0v) is 10.2. The van der Waals surface area contributed by atoms with Crippen LogP contribution < -0.4 is 10.5 Å². The maximum atomic E-state index is 5.92. The maximum Gasteiger partial charge on any atom is 0.128 e. The number of anilines is 1. The standard InChI is InChI=1S/C13H17N3O/c1-3-16-13(14)11(8-15-16)9-17-12-6-4-10(2)5-7-12/h4-8H,3,9,14H2,1-2H3. The second-order valence-electron chi connectivity index (χ2n) is 3.97. The quantitative estimate of drug-likeness (QED) is 0.878. The first-order chi connectivity index (χ1) is 8.20. The van der Waals surface area contributed by atoms with Gasteiger partial charge in [0.2, 0.25) is 0 Å². The molecular formula is C13H17N3O. The number of hydrogen-bond donors (Lipinski definition) is 1. The van der Waals surface area contributed by atoms with Gasteiger partial charge in [0.25, 0.3) is 0 Å².